The first-order chi connectivity index (χ1) is 7.44. The van der Waals surface area contributed by atoms with E-state index in [1.54, 1.807) is 11.8 Å². The second-order valence-electron chi connectivity index (χ2n) is 5.55. The number of amides is 1. The van der Waals surface area contributed by atoms with Crippen LogP contribution in [0.15, 0.2) is 0 Å². The molecule has 1 amide bonds. The summed E-state index contributed by atoms with van der Waals surface area (Å²) in [4.78, 5) is 24.9. The molecule has 0 bridgehead atoms. The summed E-state index contributed by atoms with van der Waals surface area (Å²) < 4.78 is 0. The Morgan fingerprint density at radius 2 is 2.06 bits per heavy atom. The highest BCUT2D eigenvalue weighted by Crippen LogP contribution is 2.41. The van der Waals surface area contributed by atoms with Crippen LogP contribution in [0.25, 0.3) is 0 Å². The molecule has 0 aromatic rings. The molecule has 4 nitrogen and oxygen atoms in total. The smallest absolute Gasteiger partial charge is 0.311 e. The maximum atomic E-state index is 12.0. The summed E-state index contributed by atoms with van der Waals surface area (Å²) in [6, 6.07) is 0. The highest BCUT2D eigenvalue weighted by molar-refractivity contribution is 5.83. The molecule has 1 saturated carbocycles. The summed E-state index contributed by atoms with van der Waals surface area (Å²) in [6.45, 7) is 4.92. The first kappa shape index (κ1) is 11.4. The minimum atomic E-state index is -0.783. The molecular weight excluding hydrogens is 206 g/mol. The van der Waals surface area contributed by atoms with Gasteiger partial charge in [0.05, 0.1) is 5.41 Å². The predicted molar refractivity (Wildman–Crippen MR) is 58.8 cm³/mol. The van der Waals surface area contributed by atoms with E-state index < -0.39 is 11.4 Å². The van der Waals surface area contributed by atoms with E-state index in [9.17, 15) is 9.59 Å². The van der Waals surface area contributed by atoms with Gasteiger partial charge in [0.25, 0.3) is 0 Å². The van der Waals surface area contributed by atoms with Gasteiger partial charge < -0.3 is 10.0 Å². The lowest BCUT2D eigenvalue weighted by molar-refractivity contribution is -0.153. The third kappa shape index (κ3) is 1.93. The molecule has 0 aromatic heterocycles. The molecule has 2 rings (SSSR count). The van der Waals surface area contributed by atoms with Crippen LogP contribution < -0.4 is 0 Å². The predicted octanol–water partition coefficient (Wildman–Crippen LogP) is 1.36. The number of hydrogen-bond acceptors (Lipinski definition) is 2. The molecule has 0 aromatic carbocycles. The molecule has 3 atom stereocenters. The number of carbonyl (C=O) groups is 2. The van der Waals surface area contributed by atoms with Gasteiger partial charge in [-0.25, -0.2) is 0 Å². The van der Waals surface area contributed by atoms with E-state index in [-0.39, 0.29) is 11.8 Å². The second kappa shape index (κ2) is 3.75. The Hall–Kier alpha value is -1.06. The Labute approximate surface area is 95.6 Å². The molecule has 90 valence electrons. The van der Waals surface area contributed by atoms with Gasteiger partial charge in [0, 0.05) is 19.0 Å². The molecule has 1 aliphatic carbocycles. The number of carboxylic acids is 1. The molecule has 0 spiro atoms. The van der Waals surface area contributed by atoms with E-state index in [2.05, 4.69) is 6.92 Å². The number of carboxylic acid groups (broad SMARTS) is 1. The van der Waals surface area contributed by atoms with Crippen molar-refractivity contribution in [3.63, 3.8) is 0 Å². The number of hydrogen-bond donors (Lipinski definition) is 1. The lowest BCUT2D eigenvalue weighted by atomic mass is 9.82. The van der Waals surface area contributed by atoms with Crippen LogP contribution in [-0.4, -0.2) is 35.0 Å². The van der Waals surface area contributed by atoms with Gasteiger partial charge in [0.15, 0.2) is 0 Å². The van der Waals surface area contributed by atoms with Crippen molar-refractivity contribution in [2.24, 2.45) is 17.3 Å². The van der Waals surface area contributed by atoms with E-state index in [1.807, 2.05) is 0 Å². The lowest BCUT2D eigenvalue weighted by Gasteiger charge is -2.37. The van der Waals surface area contributed by atoms with Gasteiger partial charge in [-0.05, 0) is 32.1 Å². The fraction of sp³-hybridized carbons (Fsp3) is 0.833. The quantitative estimate of drug-likeness (QED) is 0.772. The normalized spacial score (nSPS) is 38.2. The van der Waals surface area contributed by atoms with Crippen molar-refractivity contribution in [2.45, 2.75) is 33.1 Å². The zero-order chi connectivity index (χ0) is 11.9. The fourth-order valence-electron chi connectivity index (χ4n) is 2.50. The number of nitrogens with zero attached hydrogens (tertiary/aromatic N) is 1. The molecule has 3 unspecified atom stereocenters. The SMILES string of the molecule is CC1CC1C(=O)N1CCCC(C)(C(=O)O)C1. The molecule has 0 radical (unpaired) electrons. The number of piperidine rings is 1. The molecule has 16 heavy (non-hydrogen) atoms. The average molecular weight is 225 g/mol. The summed E-state index contributed by atoms with van der Waals surface area (Å²) >= 11 is 0. The largest absolute Gasteiger partial charge is 0.481 e. The van der Waals surface area contributed by atoms with E-state index in [0.29, 0.717) is 18.9 Å². The Balaban J connectivity index is 2.01. The van der Waals surface area contributed by atoms with Crippen LogP contribution in [0.1, 0.15) is 33.1 Å². The van der Waals surface area contributed by atoms with Gasteiger partial charge in [-0.15, -0.1) is 0 Å². The fourth-order valence-corrected chi connectivity index (χ4v) is 2.50. The van der Waals surface area contributed by atoms with Crippen molar-refractivity contribution in [1.29, 1.82) is 0 Å². The Morgan fingerprint density at radius 3 is 2.56 bits per heavy atom. The second-order valence-corrected chi connectivity index (χ2v) is 5.55. The molecule has 1 aliphatic heterocycles. The summed E-state index contributed by atoms with van der Waals surface area (Å²) in [5.74, 6) is 0.0372. The Morgan fingerprint density at radius 1 is 1.44 bits per heavy atom. The van der Waals surface area contributed by atoms with Gasteiger partial charge in [-0.3, -0.25) is 9.59 Å². The van der Waals surface area contributed by atoms with Crippen LogP contribution in [-0.2, 0) is 9.59 Å². The molecule has 2 fully saturated rings. The van der Waals surface area contributed by atoms with E-state index in [1.165, 1.54) is 0 Å². The van der Waals surface area contributed by atoms with Crippen molar-refractivity contribution in [1.82, 2.24) is 4.90 Å². The molecule has 2 aliphatic rings. The van der Waals surface area contributed by atoms with E-state index in [4.69, 9.17) is 5.11 Å². The zero-order valence-electron chi connectivity index (χ0n) is 9.90. The number of likely N-dealkylation sites (tertiary alicyclic amines) is 1. The van der Waals surface area contributed by atoms with Crippen LogP contribution in [0.2, 0.25) is 0 Å². The summed E-state index contributed by atoms with van der Waals surface area (Å²) in [6.07, 6.45) is 2.45. The van der Waals surface area contributed by atoms with Gasteiger partial charge in [-0.2, -0.15) is 0 Å². The maximum Gasteiger partial charge on any atom is 0.311 e. The highest BCUT2D eigenvalue weighted by atomic mass is 16.4. The molecule has 4 heteroatoms. The Kier molecular flexibility index (Phi) is 2.68. The zero-order valence-corrected chi connectivity index (χ0v) is 9.90. The minimum Gasteiger partial charge on any atom is -0.481 e. The third-order valence-corrected chi connectivity index (χ3v) is 3.95. The van der Waals surface area contributed by atoms with Crippen molar-refractivity contribution < 1.29 is 14.7 Å². The van der Waals surface area contributed by atoms with Crippen molar-refractivity contribution in [3.05, 3.63) is 0 Å². The van der Waals surface area contributed by atoms with Crippen LogP contribution in [0, 0.1) is 17.3 Å². The van der Waals surface area contributed by atoms with Gasteiger partial charge in [-0.1, -0.05) is 6.92 Å². The lowest BCUT2D eigenvalue weighted by Crippen LogP contribution is -2.49. The van der Waals surface area contributed by atoms with Crippen molar-refractivity contribution >= 4 is 11.9 Å². The molecule has 1 saturated heterocycles. The van der Waals surface area contributed by atoms with Crippen molar-refractivity contribution in [3.8, 4) is 0 Å². The summed E-state index contributed by atoms with van der Waals surface area (Å²) in [7, 11) is 0. The van der Waals surface area contributed by atoms with E-state index in [0.717, 1.165) is 19.4 Å². The molecule has 1 N–H and O–H groups in total. The standard InChI is InChI=1S/C12H19NO3/c1-8-6-9(8)10(14)13-5-3-4-12(2,7-13)11(15)16/h8-9H,3-7H2,1-2H3,(H,15,16). The first-order valence-electron chi connectivity index (χ1n) is 5.96. The van der Waals surface area contributed by atoms with Crippen LogP contribution in [0.3, 0.4) is 0 Å². The van der Waals surface area contributed by atoms with Crippen LogP contribution in [0.5, 0.6) is 0 Å². The van der Waals surface area contributed by atoms with Crippen LogP contribution in [0.4, 0.5) is 0 Å². The van der Waals surface area contributed by atoms with Crippen molar-refractivity contribution in [2.75, 3.05) is 13.1 Å². The summed E-state index contributed by atoms with van der Waals surface area (Å²) in [5.41, 5.74) is -0.744. The van der Waals surface area contributed by atoms with E-state index >= 15 is 0 Å². The monoisotopic (exact) mass is 225 g/mol. The number of carbonyl (C=O) groups excluding carboxylic acids is 1. The summed E-state index contributed by atoms with van der Waals surface area (Å²) in [5, 5.41) is 9.17. The first-order valence-corrected chi connectivity index (χ1v) is 5.96. The van der Waals surface area contributed by atoms with Gasteiger partial charge >= 0.3 is 5.97 Å². The topological polar surface area (TPSA) is 57.6 Å². The van der Waals surface area contributed by atoms with Gasteiger partial charge in [0.1, 0.15) is 0 Å². The van der Waals surface area contributed by atoms with Gasteiger partial charge in [0.2, 0.25) is 5.91 Å². The molecule has 1 heterocycles. The number of aliphatic carboxylic acids is 1. The number of rotatable bonds is 2. The molecular formula is C12H19NO3. The minimum absolute atomic E-state index is 0.163. The average Bonchev–Trinajstić information content (AvgIpc) is 2.94. The van der Waals surface area contributed by atoms with Crippen LogP contribution >= 0.6 is 0 Å². The maximum absolute atomic E-state index is 12.0. The third-order valence-electron chi connectivity index (χ3n) is 3.95. The highest BCUT2D eigenvalue weighted by Gasteiger charge is 2.45. The Bertz CT molecular complexity index is 328.